The predicted molar refractivity (Wildman–Crippen MR) is 39.6 cm³/mol. The van der Waals surface area contributed by atoms with Crippen LogP contribution in [0.15, 0.2) is 0 Å². The molecule has 10 heavy (non-hydrogen) atoms. The van der Waals surface area contributed by atoms with Crippen LogP contribution in [-0.2, 0) is 4.74 Å². The Bertz CT molecular complexity index is 120. The van der Waals surface area contributed by atoms with Gasteiger partial charge in [0.05, 0.1) is 0 Å². The minimum absolute atomic E-state index is 0.531. The van der Waals surface area contributed by atoms with E-state index in [0.717, 1.165) is 25.0 Å². The summed E-state index contributed by atoms with van der Waals surface area (Å²) in [5.41, 5.74) is 5.76. The second-order valence-corrected chi connectivity index (χ2v) is 3.51. The highest BCUT2D eigenvalue weighted by Crippen LogP contribution is 2.40. The number of rotatable bonds is 1. The van der Waals surface area contributed by atoms with Crippen molar-refractivity contribution in [3.63, 3.8) is 0 Å². The third kappa shape index (κ3) is 1.18. The highest BCUT2D eigenvalue weighted by atomic mass is 16.5. The number of nitrogens with two attached hydrogens (primary N) is 1. The van der Waals surface area contributed by atoms with Crippen molar-refractivity contribution in [2.24, 2.45) is 17.6 Å². The van der Waals surface area contributed by atoms with Gasteiger partial charge < -0.3 is 10.5 Å². The van der Waals surface area contributed by atoms with Gasteiger partial charge in [-0.15, -0.1) is 0 Å². The quantitative estimate of drug-likeness (QED) is 0.585. The van der Waals surface area contributed by atoms with Crippen LogP contribution in [0.4, 0.5) is 0 Å². The van der Waals surface area contributed by atoms with E-state index in [4.69, 9.17) is 10.5 Å². The monoisotopic (exact) mass is 141 g/mol. The van der Waals surface area contributed by atoms with E-state index in [9.17, 15) is 0 Å². The molecule has 0 spiro atoms. The van der Waals surface area contributed by atoms with Crippen molar-refractivity contribution in [2.45, 2.75) is 25.3 Å². The molecule has 1 saturated carbocycles. The standard InChI is InChI=1S/C8H15NO/c9-8-5-7(8)6-1-3-10-4-2-6/h6-8H,1-5,9H2/t7-,8+/m1/s1. The van der Waals surface area contributed by atoms with E-state index in [1.165, 1.54) is 19.3 Å². The predicted octanol–water partition coefficient (Wildman–Crippen LogP) is 0.760. The van der Waals surface area contributed by atoms with Crippen LogP contribution in [0.5, 0.6) is 0 Å². The topological polar surface area (TPSA) is 35.2 Å². The fraction of sp³-hybridized carbons (Fsp3) is 1.00. The fourth-order valence-corrected chi connectivity index (χ4v) is 1.92. The van der Waals surface area contributed by atoms with Crippen LogP contribution in [0.3, 0.4) is 0 Å². The molecule has 2 aliphatic rings. The Morgan fingerprint density at radius 3 is 2.30 bits per heavy atom. The van der Waals surface area contributed by atoms with Crippen LogP contribution in [0.2, 0.25) is 0 Å². The third-order valence-corrected chi connectivity index (χ3v) is 2.76. The molecule has 0 aromatic carbocycles. The average Bonchev–Trinajstić information content (AvgIpc) is 2.69. The Hall–Kier alpha value is -0.0800. The lowest BCUT2D eigenvalue weighted by Crippen LogP contribution is -2.20. The summed E-state index contributed by atoms with van der Waals surface area (Å²) in [5, 5.41) is 0. The molecule has 1 aliphatic heterocycles. The van der Waals surface area contributed by atoms with Gasteiger partial charge >= 0.3 is 0 Å². The molecule has 2 fully saturated rings. The second kappa shape index (κ2) is 2.51. The lowest BCUT2D eigenvalue weighted by Gasteiger charge is -2.21. The average molecular weight is 141 g/mol. The van der Waals surface area contributed by atoms with E-state index in [-0.39, 0.29) is 0 Å². The first-order valence-corrected chi connectivity index (χ1v) is 4.21. The van der Waals surface area contributed by atoms with Crippen LogP contribution >= 0.6 is 0 Å². The van der Waals surface area contributed by atoms with Crippen LogP contribution in [0.25, 0.3) is 0 Å². The van der Waals surface area contributed by atoms with E-state index in [2.05, 4.69) is 0 Å². The molecular weight excluding hydrogens is 126 g/mol. The van der Waals surface area contributed by atoms with Gasteiger partial charge in [0.1, 0.15) is 0 Å². The molecule has 0 aromatic rings. The molecule has 1 aliphatic carbocycles. The van der Waals surface area contributed by atoms with E-state index in [1.54, 1.807) is 0 Å². The molecule has 0 bridgehead atoms. The molecular formula is C8H15NO. The number of hydrogen-bond acceptors (Lipinski definition) is 2. The molecule has 2 nitrogen and oxygen atoms in total. The van der Waals surface area contributed by atoms with Gasteiger partial charge in [-0.25, -0.2) is 0 Å². The Kier molecular flexibility index (Phi) is 1.66. The molecule has 2 N–H and O–H groups in total. The minimum atomic E-state index is 0.531. The van der Waals surface area contributed by atoms with Gasteiger partial charge in [0.2, 0.25) is 0 Å². The van der Waals surface area contributed by atoms with Gasteiger partial charge in [-0.1, -0.05) is 0 Å². The second-order valence-electron chi connectivity index (χ2n) is 3.51. The smallest absolute Gasteiger partial charge is 0.0468 e. The van der Waals surface area contributed by atoms with Crippen molar-refractivity contribution in [3.8, 4) is 0 Å². The summed E-state index contributed by atoms with van der Waals surface area (Å²) in [6, 6.07) is 0.531. The van der Waals surface area contributed by atoms with Crippen LogP contribution in [-0.4, -0.2) is 19.3 Å². The van der Waals surface area contributed by atoms with Crippen molar-refractivity contribution >= 4 is 0 Å². The van der Waals surface area contributed by atoms with Gasteiger partial charge in [0.25, 0.3) is 0 Å². The molecule has 0 unspecified atom stereocenters. The van der Waals surface area contributed by atoms with Gasteiger partial charge in [0, 0.05) is 19.3 Å². The lowest BCUT2D eigenvalue weighted by molar-refractivity contribution is 0.0593. The van der Waals surface area contributed by atoms with Crippen LogP contribution < -0.4 is 5.73 Å². The molecule has 58 valence electrons. The van der Waals surface area contributed by atoms with E-state index >= 15 is 0 Å². The molecule has 1 saturated heterocycles. The zero-order valence-electron chi connectivity index (χ0n) is 6.25. The zero-order valence-corrected chi connectivity index (χ0v) is 6.25. The largest absolute Gasteiger partial charge is 0.381 e. The first-order valence-electron chi connectivity index (χ1n) is 4.21. The first-order chi connectivity index (χ1) is 4.88. The van der Waals surface area contributed by atoms with Crippen LogP contribution in [0.1, 0.15) is 19.3 Å². The molecule has 2 atom stereocenters. The summed E-state index contributed by atoms with van der Waals surface area (Å²) in [6.07, 6.45) is 3.77. The maximum Gasteiger partial charge on any atom is 0.0468 e. The Labute approximate surface area is 61.7 Å². The van der Waals surface area contributed by atoms with Gasteiger partial charge in [-0.2, -0.15) is 0 Å². The molecule has 0 amide bonds. The summed E-state index contributed by atoms with van der Waals surface area (Å²) in [5.74, 6) is 1.74. The molecule has 0 aromatic heterocycles. The first kappa shape index (κ1) is 6.62. The van der Waals surface area contributed by atoms with Crippen LogP contribution in [0, 0.1) is 11.8 Å². The Morgan fingerprint density at radius 2 is 1.80 bits per heavy atom. The van der Waals surface area contributed by atoms with E-state index < -0.39 is 0 Å². The molecule has 0 radical (unpaired) electrons. The molecule has 1 heterocycles. The summed E-state index contributed by atoms with van der Waals surface area (Å²) in [6.45, 7) is 1.93. The van der Waals surface area contributed by atoms with Crippen molar-refractivity contribution in [3.05, 3.63) is 0 Å². The summed E-state index contributed by atoms with van der Waals surface area (Å²) < 4.78 is 5.27. The molecule has 2 heteroatoms. The van der Waals surface area contributed by atoms with Crippen molar-refractivity contribution < 1.29 is 4.74 Å². The van der Waals surface area contributed by atoms with E-state index in [0.29, 0.717) is 6.04 Å². The maximum atomic E-state index is 5.76. The lowest BCUT2D eigenvalue weighted by atomic mass is 9.95. The van der Waals surface area contributed by atoms with Gasteiger partial charge in [-0.3, -0.25) is 0 Å². The summed E-state index contributed by atoms with van der Waals surface area (Å²) in [4.78, 5) is 0. The minimum Gasteiger partial charge on any atom is -0.381 e. The highest BCUT2D eigenvalue weighted by molar-refractivity contribution is 4.95. The van der Waals surface area contributed by atoms with Crippen molar-refractivity contribution in [1.82, 2.24) is 0 Å². The Morgan fingerprint density at radius 1 is 1.20 bits per heavy atom. The van der Waals surface area contributed by atoms with Crippen molar-refractivity contribution in [2.75, 3.05) is 13.2 Å². The summed E-state index contributed by atoms with van der Waals surface area (Å²) >= 11 is 0. The van der Waals surface area contributed by atoms with Gasteiger partial charge in [-0.05, 0) is 31.1 Å². The fourth-order valence-electron chi connectivity index (χ4n) is 1.92. The Balaban J connectivity index is 1.81. The molecule has 2 rings (SSSR count). The summed E-state index contributed by atoms with van der Waals surface area (Å²) in [7, 11) is 0. The highest BCUT2D eigenvalue weighted by Gasteiger charge is 2.40. The maximum absolute atomic E-state index is 5.76. The van der Waals surface area contributed by atoms with Crippen molar-refractivity contribution in [1.29, 1.82) is 0 Å². The van der Waals surface area contributed by atoms with Gasteiger partial charge in [0.15, 0.2) is 0 Å². The number of ether oxygens (including phenoxy) is 1. The third-order valence-electron chi connectivity index (χ3n) is 2.76. The zero-order chi connectivity index (χ0) is 6.97. The normalized spacial score (nSPS) is 41.7. The SMILES string of the molecule is N[C@H]1C[C@@H]1C1CCOCC1. The number of hydrogen-bond donors (Lipinski definition) is 1. The van der Waals surface area contributed by atoms with E-state index in [1.807, 2.05) is 0 Å².